The van der Waals surface area contributed by atoms with Gasteiger partial charge in [0.05, 0.1) is 5.69 Å². The number of aromatic nitrogens is 1. The molecule has 0 radical (unpaired) electrons. The van der Waals surface area contributed by atoms with Crippen molar-refractivity contribution in [1.82, 2.24) is 4.37 Å². The lowest BCUT2D eigenvalue weighted by atomic mass is 10.1. The van der Waals surface area contributed by atoms with Crippen molar-refractivity contribution in [3.8, 4) is 6.07 Å². The van der Waals surface area contributed by atoms with Gasteiger partial charge in [0, 0.05) is 18.0 Å². The van der Waals surface area contributed by atoms with Crippen LogP contribution in [0.2, 0.25) is 0 Å². The van der Waals surface area contributed by atoms with Crippen LogP contribution in [0.1, 0.15) is 21.7 Å². The first-order chi connectivity index (χ1) is 8.29. The Labute approximate surface area is 108 Å². The largest absolute Gasteiger partial charge is 0.356 e. The van der Waals surface area contributed by atoms with Crippen molar-refractivity contribution in [2.75, 3.05) is 11.4 Å². The molecule has 0 unspecified atom stereocenters. The maximum Gasteiger partial charge on any atom is 0.130 e. The molecule has 0 aliphatic carbocycles. The van der Waals surface area contributed by atoms with E-state index in [-0.39, 0.29) is 0 Å². The van der Waals surface area contributed by atoms with Gasteiger partial charge < -0.3 is 4.90 Å². The minimum absolute atomic E-state index is 0.744. The molecule has 0 bridgehead atoms. The van der Waals surface area contributed by atoms with Gasteiger partial charge in [-0.25, -0.2) is 0 Å². The SMILES string of the molecule is Cc1nsc(N2CCc3sccc3C2)c1C#N. The van der Waals surface area contributed by atoms with Crippen LogP contribution in [0.3, 0.4) is 0 Å². The molecule has 0 atom stereocenters. The van der Waals surface area contributed by atoms with Crippen LogP contribution in [0.15, 0.2) is 11.4 Å². The van der Waals surface area contributed by atoms with Gasteiger partial charge in [0.25, 0.3) is 0 Å². The highest BCUT2D eigenvalue weighted by Gasteiger charge is 2.22. The highest BCUT2D eigenvalue weighted by Crippen LogP contribution is 2.33. The summed E-state index contributed by atoms with van der Waals surface area (Å²) in [5.74, 6) is 0. The third kappa shape index (κ3) is 1.74. The Hall–Kier alpha value is -1.38. The molecule has 2 aromatic rings. The van der Waals surface area contributed by atoms with Crippen LogP contribution in [-0.4, -0.2) is 10.9 Å². The molecule has 17 heavy (non-hydrogen) atoms. The number of hydrogen-bond acceptors (Lipinski definition) is 5. The molecule has 3 nitrogen and oxygen atoms in total. The van der Waals surface area contributed by atoms with Gasteiger partial charge >= 0.3 is 0 Å². The van der Waals surface area contributed by atoms with Crippen molar-refractivity contribution in [1.29, 1.82) is 5.26 Å². The van der Waals surface area contributed by atoms with Crippen LogP contribution >= 0.6 is 22.9 Å². The average molecular weight is 261 g/mol. The number of nitrogens with zero attached hydrogens (tertiary/aromatic N) is 3. The van der Waals surface area contributed by atoms with Crippen molar-refractivity contribution in [2.24, 2.45) is 0 Å². The summed E-state index contributed by atoms with van der Waals surface area (Å²) in [6, 6.07) is 4.45. The van der Waals surface area contributed by atoms with Gasteiger partial charge in [0.1, 0.15) is 16.6 Å². The van der Waals surface area contributed by atoms with Gasteiger partial charge in [-0.15, -0.1) is 11.3 Å². The second-order valence-corrected chi connectivity index (χ2v) is 5.85. The Morgan fingerprint density at radius 1 is 1.53 bits per heavy atom. The third-order valence-electron chi connectivity index (χ3n) is 3.05. The summed E-state index contributed by atoms with van der Waals surface area (Å²) >= 11 is 3.28. The van der Waals surface area contributed by atoms with Crippen molar-refractivity contribution >= 4 is 27.9 Å². The predicted molar refractivity (Wildman–Crippen MR) is 70.6 cm³/mol. The summed E-state index contributed by atoms with van der Waals surface area (Å²) in [7, 11) is 0. The topological polar surface area (TPSA) is 39.9 Å². The Morgan fingerprint density at radius 3 is 3.24 bits per heavy atom. The fraction of sp³-hybridized carbons (Fsp3) is 0.333. The van der Waals surface area contributed by atoms with Crippen molar-refractivity contribution in [3.63, 3.8) is 0 Å². The highest BCUT2D eigenvalue weighted by molar-refractivity contribution is 7.10. The lowest BCUT2D eigenvalue weighted by Crippen LogP contribution is -2.29. The summed E-state index contributed by atoms with van der Waals surface area (Å²) in [6.45, 7) is 3.80. The van der Waals surface area contributed by atoms with E-state index < -0.39 is 0 Å². The number of fused-ring (bicyclic) bond motifs is 1. The molecule has 0 amide bonds. The van der Waals surface area contributed by atoms with Gasteiger partial charge in [-0.05, 0) is 41.9 Å². The molecule has 0 N–H and O–H groups in total. The maximum absolute atomic E-state index is 9.17. The van der Waals surface area contributed by atoms with Crippen LogP contribution in [0.25, 0.3) is 0 Å². The minimum Gasteiger partial charge on any atom is -0.356 e. The number of anilines is 1. The summed E-state index contributed by atoms with van der Waals surface area (Å²) in [5, 5.41) is 12.3. The normalized spacial score (nSPS) is 14.5. The minimum atomic E-state index is 0.744. The zero-order valence-electron chi connectivity index (χ0n) is 9.43. The number of nitriles is 1. The molecule has 5 heteroatoms. The number of hydrogen-bond donors (Lipinski definition) is 0. The fourth-order valence-corrected chi connectivity index (χ4v) is 3.88. The van der Waals surface area contributed by atoms with E-state index in [1.54, 1.807) is 0 Å². The standard InChI is InChI=1S/C12H11N3S2/c1-8-10(6-13)12(17-14-8)15-4-2-11-9(7-15)3-5-16-11/h3,5H,2,4,7H2,1H3. The van der Waals surface area contributed by atoms with E-state index in [9.17, 15) is 0 Å². The number of aryl methyl sites for hydroxylation is 1. The molecule has 0 aromatic carbocycles. The van der Waals surface area contributed by atoms with E-state index in [0.717, 1.165) is 35.8 Å². The molecule has 3 heterocycles. The molecule has 1 aliphatic rings. The van der Waals surface area contributed by atoms with Gasteiger partial charge in [0.15, 0.2) is 0 Å². The molecule has 0 saturated carbocycles. The average Bonchev–Trinajstić information content (AvgIpc) is 2.93. The second-order valence-electron chi connectivity index (χ2n) is 4.10. The van der Waals surface area contributed by atoms with E-state index >= 15 is 0 Å². The van der Waals surface area contributed by atoms with Crippen LogP contribution in [0.4, 0.5) is 5.00 Å². The molecule has 2 aromatic heterocycles. The zero-order valence-corrected chi connectivity index (χ0v) is 11.1. The second kappa shape index (κ2) is 4.13. The van der Waals surface area contributed by atoms with Crippen LogP contribution in [-0.2, 0) is 13.0 Å². The monoisotopic (exact) mass is 261 g/mol. The fourth-order valence-electron chi connectivity index (χ4n) is 2.12. The summed E-state index contributed by atoms with van der Waals surface area (Å²) < 4.78 is 4.29. The predicted octanol–water partition coefficient (Wildman–Crippen LogP) is 2.95. The first-order valence-electron chi connectivity index (χ1n) is 5.46. The Morgan fingerprint density at radius 2 is 2.41 bits per heavy atom. The molecule has 0 saturated heterocycles. The van der Waals surface area contributed by atoms with Gasteiger partial charge in [-0.1, -0.05) is 0 Å². The molecule has 0 spiro atoms. The lowest BCUT2D eigenvalue weighted by Gasteiger charge is -2.27. The molecular formula is C12H11N3S2. The quantitative estimate of drug-likeness (QED) is 0.792. The van der Waals surface area contributed by atoms with E-state index in [0.29, 0.717) is 0 Å². The van der Waals surface area contributed by atoms with E-state index in [1.807, 2.05) is 18.3 Å². The summed E-state index contributed by atoms with van der Waals surface area (Å²) in [5.41, 5.74) is 2.99. The van der Waals surface area contributed by atoms with Crippen LogP contribution < -0.4 is 4.90 Å². The maximum atomic E-state index is 9.17. The van der Waals surface area contributed by atoms with Gasteiger partial charge in [-0.3, -0.25) is 0 Å². The van der Waals surface area contributed by atoms with Crippen LogP contribution in [0, 0.1) is 18.3 Å². The summed E-state index contributed by atoms with van der Waals surface area (Å²) in [6.07, 6.45) is 1.08. The van der Waals surface area contributed by atoms with E-state index in [2.05, 4.69) is 26.8 Å². The van der Waals surface area contributed by atoms with E-state index in [1.165, 1.54) is 22.0 Å². The Kier molecular flexibility index (Phi) is 2.61. The Bertz CT molecular complexity index is 591. The first-order valence-corrected chi connectivity index (χ1v) is 7.11. The van der Waals surface area contributed by atoms with Crippen molar-refractivity contribution in [2.45, 2.75) is 19.9 Å². The zero-order chi connectivity index (χ0) is 11.8. The van der Waals surface area contributed by atoms with Crippen molar-refractivity contribution < 1.29 is 0 Å². The van der Waals surface area contributed by atoms with Gasteiger partial charge in [-0.2, -0.15) is 9.64 Å². The molecule has 86 valence electrons. The lowest BCUT2D eigenvalue weighted by molar-refractivity contribution is 0.749. The van der Waals surface area contributed by atoms with Crippen molar-refractivity contribution in [3.05, 3.63) is 33.1 Å². The third-order valence-corrected chi connectivity index (χ3v) is 5.07. The Balaban J connectivity index is 1.95. The molecular weight excluding hydrogens is 250 g/mol. The van der Waals surface area contributed by atoms with Gasteiger partial charge in [0.2, 0.25) is 0 Å². The smallest absolute Gasteiger partial charge is 0.130 e. The van der Waals surface area contributed by atoms with E-state index in [4.69, 9.17) is 5.26 Å². The number of rotatable bonds is 1. The molecule has 1 aliphatic heterocycles. The number of thiophene rings is 1. The summed E-state index contributed by atoms with van der Waals surface area (Å²) in [4.78, 5) is 3.76. The molecule has 0 fully saturated rings. The highest BCUT2D eigenvalue weighted by atomic mass is 32.1. The van der Waals surface area contributed by atoms with Crippen LogP contribution in [0.5, 0.6) is 0 Å². The first kappa shape index (κ1) is 10.8. The molecule has 3 rings (SSSR count).